The van der Waals surface area contributed by atoms with Crippen LogP contribution in [0.2, 0.25) is 0 Å². The summed E-state index contributed by atoms with van der Waals surface area (Å²) >= 11 is 0. The van der Waals surface area contributed by atoms with Crippen molar-refractivity contribution in [2.75, 3.05) is 0 Å². The van der Waals surface area contributed by atoms with Crippen LogP contribution in [0.1, 0.15) is 39.5 Å². The van der Waals surface area contributed by atoms with E-state index in [4.69, 9.17) is 9.47 Å². The van der Waals surface area contributed by atoms with Gasteiger partial charge >= 0.3 is 24.3 Å². The second kappa shape index (κ2) is 7.81. The van der Waals surface area contributed by atoms with Crippen molar-refractivity contribution < 1.29 is 50.5 Å². The lowest BCUT2D eigenvalue weighted by Gasteiger charge is -2.34. The standard InChI is InChI=1S/C18H22F6O5/c1-8(2)14(25)29-13-6-10-4-11(13)12(5-10)15(26)28-9(3)7-16(27,17(19,20)21)18(22,23)24/h9-13,27H,1,4-7H2,2-3H3. The van der Waals surface area contributed by atoms with E-state index in [1.54, 1.807) is 0 Å². The molecule has 166 valence electrons. The van der Waals surface area contributed by atoms with E-state index in [1.807, 2.05) is 0 Å². The Morgan fingerprint density at radius 3 is 2.10 bits per heavy atom. The van der Waals surface area contributed by atoms with Crippen molar-refractivity contribution >= 4 is 11.9 Å². The summed E-state index contributed by atoms with van der Waals surface area (Å²) in [5.41, 5.74) is -4.83. The molecule has 2 aliphatic rings. The van der Waals surface area contributed by atoms with Gasteiger partial charge in [-0.2, -0.15) is 26.3 Å². The van der Waals surface area contributed by atoms with Gasteiger partial charge in [0.25, 0.3) is 5.60 Å². The monoisotopic (exact) mass is 432 g/mol. The summed E-state index contributed by atoms with van der Waals surface area (Å²) in [6.07, 6.45) is -14.9. The van der Waals surface area contributed by atoms with E-state index in [-0.39, 0.29) is 11.5 Å². The lowest BCUT2D eigenvalue weighted by Crippen LogP contribution is -2.58. The number of esters is 2. The minimum Gasteiger partial charge on any atom is -0.462 e. The van der Waals surface area contributed by atoms with Crippen molar-refractivity contribution in [1.29, 1.82) is 0 Å². The third-order valence-corrected chi connectivity index (χ3v) is 5.50. The van der Waals surface area contributed by atoms with Gasteiger partial charge in [-0.1, -0.05) is 6.58 Å². The van der Waals surface area contributed by atoms with Gasteiger partial charge in [-0.25, -0.2) is 4.79 Å². The molecule has 5 atom stereocenters. The second-order valence-corrected chi connectivity index (χ2v) is 7.87. The summed E-state index contributed by atoms with van der Waals surface area (Å²) < 4.78 is 86.9. The molecular weight excluding hydrogens is 410 g/mol. The fourth-order valence-electron chi connectivity index (χ4n) is 4.07. The first-order valence-corrected chi connectivity index (χ1v) is 8.99. The quantitative estimate of drug-likeness (QED) is 0.394. The van der Waals surface area contributed by atoms with Crippen LogP contribution in [0.25, 0.3) is 0 Å². The van der Waals surface area contributed by atoms with Crippen LogP contribution in [-0.4, -0.2) is 47.2 Å². The summed E-state index contributed by atoms with van der Waals surface area (Å²) in [7, 11) is 0. The Balaban J connectivity index is 2.03. The maximum absolute atomic E-state index is 12.8. The highest BCUT2D eigenvalue weighted by molar-refractivity contribution is 5.87. The fourth-order valence-corrected chi connectivity index (χ4v) is 4.07. The number of ether oxygens (including phenoxy) is 2. The molecule has 2 rings (SSSR count). The molecule has 0 heterocycles. The summed E-state index contributed by atoms with van der Waals surface area (Å²) in [5.74, 6) is -2.79. The second-order valence-electron chi connectivity index (χ2n) is 7.87. The molecule has 0 aromatic heterocycles. The molecule has 2 fully saturated rings. The predicted octanol–water partition coefficient (Wildman–Crippen LogP) is 3.70. The molecule has 5 unspecified atom stereocenters. The molecule has 0 radical (unpaired) electrons. The molecule has 5 nitrogen and oxygen atoms in total. The van der Waals surface area contributed by atoms with Crippen LogP contribution in [0.4, 0.5) is 26.3 Å². The molecule has 0 aromatic carbocycles. The number of hydrogen-bond acceptors (Lipinski definition) is 5. The topological polar surface area (TPSA) is 72.8 Å². The Morgan fingerprint density at radius 2 is 1.66 bits per heavy atom. The first kappa shape index (κ1) is 23.5. The van der Waals surface area contributed by atoms with Gasteiger partial charge in [-0.05, 0) is 39.0 Å². The zero-order valence-electron chi connectivity index (χ0n) is 15.8. The highest BCUT2D eigenvalue weighted by Gasteiger charge is 2.70. The van der Waals surface area contributed by atoms with Crippen LogP contribution in [0, 0.1) is 17.8 Å². The molecule has 0 amide bonds. The number of carbonyl (C=O) groups excluding carboxylic acids is 2. The van der Waals surface area contributed by atoms with E-state index in [2.05, 4.69) is 6.58 Å². The van der Waals surface area contributed by atoms with Crippen LogP contribution in [-0.2, 0) is 19.1 Å². The van der Waals surface area contributed by atoms with Gasteiger partial charge in [0.05, 0.1) is 5.92 Å². The molecule has 0 aromatic rings. The smallest absolute Gasteiger partial charge is 0.426 e. The molecule has 2 saturated carbocycles. The number of fused-ring (bicyclic) bond motifs is 2. The van der Waals surface area contributed by atoms with Gasteiger partial charge in [0.2, 0.25) is 0 Å². The van der Waals surface area contributed by atoms with Crippen molar-refractivity contribution in [2.24, 2.45) is 17.8 Å². The molecule has 2 bridgehead atoms. The van der Waals surface area contributed by atoms with Crippen LogP contribution >= 0.6 is 0 Å². The Kier molecular flexibility index (Phi) is 6.33. The van der Waals surface area contributed by atoms with E-state index in [1.165, 1.54) is 6.92 Å². The van der Waals surface area contributed by atoms with Gasteiger partial charge in [-0.15, -0.1) is 0 Å². The Bertz CT molecular complexity index is 657. The van der Waals surface area contributed by atoms with E-state index < -0.39 is 60.4 Å². The van der Waals surface area contributed by atoms with Gasteiger partial charge in [0.15, 0.2) is 0 Å². The highest BCUT2D eigenvalue weighted by atomic mass is 19.4. The molecular formula is C18H22F6O5. The maximum Gasteiger partial charge on any atom is 0.426 e. The summed E-state index contributed by atoms with van der Waals surface area (Å²) in [4.78, 5) is 24.1. The zero-order chi connectivity index (χ0) is 22.4. The SMILES string of the molecule is C=C(C)C(=O)OC1CC2CC(C(=O)OC(C)CC(O)(C(F)(F)F)C(F)(F)F)C1C2. The molecule has 29 heavy (non-hydrogen) atoms. The van der Waals surface area contributed by atoms with Gasteiger partial charge in [-0.3, -0.25) is 4.79 Å². The van der Waals surface area contributed by atoms with E-state index in [0.29, 0.717) is 19.3 Å². The number of hydrogen-bond donors (Lipinski definition) is 1. The number of alkyl halides is 6. The minimum absolute atomic E-state index is 0.0399. The molecule has 0 saturated heterocycles. The molecule has 2 aliphatic carbocycles. The molecule has 0 aliphatic heterocycles. The van der Waals surface area contributed by atoms with Crippen LogP contribution in [0.15, 0.2) is 12.2 Å². The van der Waals surface area contributed by atoms with Crippen molar-refractivity contribution in [3.63, 3.8) is 0 Å². The molecule has 0 spiro atoms. The van der Waals surface area contributed by atoms with E-state index in [9.17, 15) is 41.0 Å². The number of aliphatic hydroxyl groups is 1. The third kappa shape index (κ3) is 4.70. The van der Waals surface area contributed by atoms with E-state index >= 15 is 0 Å². The maximum atomic E-state index is 12.8. The predicted molar refractivity (Wildman–Crippen MR) is 86.2 cm³/mol. The highest BCUT2D eigenvalue weighted by Crippen LogP contribution is 2.51. The zero-order valence-corrected chi connectivity index (χ0v) is 15.8. The lowest BCUT2D eigenvalue weighted by atomic mass is 9.86. The number of rotatable bonds is 6. The Hall–Kier alpha value is -1.78. The first-order valence-electron chi connectivity index (χ1n) is 8.99. The number of halogens is 6. The van der Waals surface area contributed by atoms with Crippen LogP contribution in [0.5, 0.6) is 0 Å². The Morgan fingerprint density at radius 1 is 1.10 bits per heavy atom. The van der Waals surface area contributed by atoms with Crippen LogP contribution in [0.3, 0.4) is 0 Å². The lowest BCUT2D eigenvalue weighted by molar-refractivity contribution is -0.373. The summed E-state index contributed by atoms with van der Waals surface area (Å²) in [6.45, 7) is 5.76. The third-order valence-electron chi connectivity index (χ3n) is 5.50. The van der Waals surface area contributed by atoms with Gasteiger partial charge < -0.3 is 14.6 Å². The largest absolute Gasteiger partial charge is 0.462 e. The Labute approximate surface area is 163 Å². The first-order chi connectivity index (χ1) is 13.1. The van der Waals surface area contributed by atoms with Crippen LogP contribution < -0.4 is 0 Å². The van der Waals surface area contributed by atoms with E-state index in [0.717, 1.165) is 6.92 Å². The average molecular weight is 432 g/mol. The van der Waals surface area contributed by atoms with Crippen molar-refractivity contribution in [1.82, 2.24) is 0 Å². The average Bonchev–Trinajstić information content (AvgIpc) is 3.12. The van der Waals surface area contributed by atoms with Crippen molar-refractivity contribution in [3.8, 4) is 0 Å². The molecule has 1 N–H and O–H groups in total. The summed E-state index contributed by atoms with van der Waals surface area (Å²) in [6, 6.07) is 0. The van der Waals surface area contributed by atoms with Crippen molar-refractivity contribution in [3.05, 3.63) is 12.2 Å². The molecule has 11 heteroatoms. The fraction of sp³-hybridized carbons (Fsp3) is 0.778. The number of carbonyl (C=O) groups is 2. The normalized spacial score (nSPS) is 28.2. The van der Waals surface area contributed by atoms with Gasteiger partial charge in [0, 0.05) is 17.9 Å². The van der Waals surface area contributed by atoms with Crippen molar-refractivity contribution in [2.45, 2.75) is 69.7 Å². The van der Waals surface area contributed by atoms with Gasteiger partial charge in [0.1, 0.15) is 12.2 Å². The summed E-state index contributed by atoms with van der Waals surface area (Å²) in [5, 5.41) is 9.22. The minimum atomic E-state index is -5.99.